The number of aromatic nitrogens is 3. The zero-order valence-corrected chi connectivity index (χ0v) is 41.5. The number of nitrogens with two attached hydrogens (primary N) is 1. The average molecular weight is 1030 g/mol. The second-order valence-electron chi connectivity index (χ2n) is 18.1. The third-order valence-corrected chi connectivity index (χ3v) is 12.3. The van der Waals surface area contributed by atoms with Crippen molar-refractivity contribution in [2.75, 3.05) is 13.1 Å². The molecule has 0 saturated carbocycles. The molecule has 1 fully saturated rings. The van der Waals surface area contributed by atoms with E-state index in [2.05, 4.69) is 62.8 Å². The number of nitrogens with one attached hydrogen (secondary N) is 12. The highest BCUT2D eigenvalue weighted by Gasteiger charge is 2.35. The Morgan fingerprint density at radius 3 is 2.12 bits per heavy atom. The van der Waals surface area contributed by atoms with E-state index in [1.165, 1.54) is 19.4 Å². The minimum atomic E-state index is -1.47. The van der Waals surface area contributed by atoms with Gasteiger partial charge >= 0.3 is 5.97 Å². The van der Waals surface area contributed by atoms with Gasteiger partial charge in [0.1, 0.15) is 42.3 Å². The summed E-state index contributed by atoms with van der Waals surface area (Å²) in [5.74, 6) is -7.71. The number of amides is 8. The summed E-state index contributed by atoms with van der Waals surface area (Å²) in [7, 11) is 0. The number of hydrogen-bond acceptors (Lipinski definition) is 11. The fourth-order valence-corrected chi connectivity index (χ4v) is 8.39. The highest BCUT2D eigenvalue weighted by molar-refractivity contribution is 5.98. The van der Waals surface area contributed by atoms with Crippen molar-refractivity contribution < 1.29 is 48.3 Å². The molecule has 24 nitrogen and oxygen atoms in total. The first-order chi connectivity index (χ1) is 35.5. The maximum absolute atomic E-state index is 14.7. The minimum absolute atomic E-state index is 0.0469. The summed E-state index contributed by atoms with van der Waals surface area (Å²) in [6.45, 7) is 3.21. The van der Waals surface area contributed by atoms with Crippen molar-refractivity contribution in [1.29, 1.82) is 5.41 Å². The number of unbranched alkanes of at least 4 members (excludes halogenated alkanes) is 1. The van der Waals surface area contributed by atoms with Gasteiger partial charge in [-0.3, -0.25) is 43.8 Å². The van der Waals surface area contributed by atoms with Crippen LogP contribution >= 0.6 is 0 Å². The quantitative estimate of drug-likeness (QED) is 0.0363. The van der Waals surface area contributed by atoms with Crippen LogP contribution in [0, 0.1) is 5.41 Å². The molecule has 1 saturated heterocycles. The van der Waals surface area contributed by atoms with Crippen molar-refractivity contribution in [2.45, 2.75) is 133 Å². The lowest BCUT2D eigenvalue weighted by atomic mass is 10.0. The van der Waals surface area contributed by atoms with Crippen LogP contribution in [0.1, 0.15) is 88.5 Å². The van der Waals surface area contributed by atoms with Gasteiger partial charge in [0.15, 0.2) is 5.96 Å². The Kier molecular flexibility index (Phi) is 21.9. The number of fused-ring (bicyclic) bond motifs is 1. The second kappa shape index (κ2) is 28.7. The van der Waals surface area contributed by atoms with E-state index >= 15 is 0 Å². The molecular formula is C50H68N14O10. The number of H-pyrrole nitrogens is 2. The molecule has 0 unspecified atom stereocenters. The molecule has 0 radical (unpaired) electrons. The molecule has 74 heavy (non-hydrogen) atoms. The van der Waals surface area contributed by atoms with Gasteiger partial charge in [-0.1, -0.05) is 68.3 Å². The number of aromatic amines is 2. The Bertz CT molecular complexity index is 2570. The Morgan fingerprint density at radius 1 is 0.797 bits per heavy atom. The number of para-hydroxylation sites is 1. The van der Waals surface area contributed by atoms with Gasteiger partial charge in [-0.05, 0) is 55.7 Å². The summed E-state index contributed by atoms with van der Waals surface area (Å²) >= 11 is 0. The highest BCUT2D eigenvalue weighted by Crippen LogP contribution is 2.20. The van der Waals surface area contributed by atoms with Crippen LogP contribution in [0.25, 0.3) is 10.9 Å². The number of benzene rings is 2. The van der Waals surface area contributed by atoms with Crippen molar-refractivity contribution in [3.05, 3.63) is 90.1 Å². The zero-order chi connectivity index (χ0) is 53.6. The van der Waals surface area contributed by atoms with E-state index in [-0.39, 0.29) is 83.3 Å². The van der Waals surface area contributed by atoms with E-state index < -0.39 is 95.5 Å². The number of carbonyl (C=O) groups excluding carboxylic acids is 8. The molecule has 5 rings (SSSR count). The lowest BCUT2D eigenvalue weighted by Gasteiger charge is -2.28. The van der Waals surface area contributed by atoms with Gasteiger partial charge in [0, 0.05) is 69.0 Å². The Labute approximate surface area is 427 Å². The molecule has 3 heterocycles. The van der Waals surface area contributed by atoms with Crippen molar-refractivity contribution in [3.63, 3.8) is 0 Å². The maximum atomic E-state index is 14.7. The Morgan fingerprint density at radius 2 is 1.45 bits per heavy atom. The first kappa shape index (κ1) is 56.6. The predicted octanol–water partition coefficient (Wildman–Crippen LogP) is -0.439. The van der Waals surface area contributed by atoms with E-state index in [1.54, 1.807) is 42.6 Å². The molecule has 0 bridgehead atoms. The number of nitrogens with zero attached hydrogens (tertiary/aromatic N) is 1. The van der Waals surface area contributed by atoms with Gasteiger partial charge in [-0.25, -0.2) is 9.78 Å². The molecule has 1 aliphatic rings. The minimum Gasteiger partial charge on any atom is -0.480 e. The summed E-state index contributed by atoms with van der Waals surface area (Å²) in [5, 5.41) is 42.7. The molecule has 4 aromatic rings. The van der Waals surface area contributed by atoms with E-state index in [0.29, 0.717) is 29.7 Å². The first-order valence-electron chi connectivity index (χ1n) is 24.7. The van der Waals surface area contributed by atoms with Gasteiger partial charge in [-0.15, -0.1) is 0 Å². The molecule has 0 spiro atoms. The summed E-state index contributed by atoms with van der Waals surface area (Å²) in [6.07, 6.45) is 5.01. The molecule has 24 heteroatoms. The Balaban J connectivity index is 1.55. The van der Waals surface area contributed by atoms with Gasteiger partial charge < -0.3 is 68.7 Å². The van der Waals surface area contributed by atoms with Gasteiger partial charge in [0.25, 0.3) is 0 Å². The van der Waals surface area contributed by atoms with Crippen LogP contribution in [-0.2, 0) is 62.4 Å². The summed E-state index contributed by atoms with van der Waals surface area (Å²) in [4.78, 5) is 134. The number of rotatable bonds is 17. The molecule has 7 atom stereocenters. The zero-order valence-electron chi connectivity index (χ0n) is 41.5. The van der Waals surface area contributed by atoms with Crippen LogP contribution < -0.4 is 53.6 Å². The third kappa shape index (κ3) is 18.1. The van der Waals surface area contributed by atoms with Gasteiger partial charge in [-0.2, -0.15) is 0 Å². The number of carboxylic acid groups (broad SMARTS) is 1. The lowest BCUT2D eigenvalue weighted by Crippen LogP contribution is -2.60. The average Bonchev–Trinajstić information content (AvgIpc) is 4.04. The van der Waals surface area contributed by atoms with E-state index in [4.69, 9.17) is 11.1 Å². The summed E-state index contributed by atoms with van der Waals surface area (Å²) in [6, 6.07) is 6.35. The fourth-order valence-electron chi connectivity index (χ4n) is 8.39. The van der Waals surface area contributed by atoms with Crippen LogP contribution in [0.3, 0.4) is 0 Å². The number of imidazole rings is 1. The van der Waals surface area contributed by atoms with Crippen molar-refractivity contribution >= 4 is 70.1 Å². The molecule has 398 valence electrons. The lowest BCUT2D eigenvalue weighted by molar-refractivity contribution is -0.142. The highest BCUT2D eigenvalue weighted by atomic mass is 16.4. The van der Waals surface area contributed by atoms with Crippen LogP contribution in [0.5, 0.6) is 0 Å². The molecular weight excluding hydrogens is 957 g/mol. The Hall–Kier alpha value is -8.31. The van der Waals surface area contributed by atoms with Crippen molar-refractivity contribution in [1.82, 2.24) is 62.8 Å². The normalized spacial score (nSPS) is 21.3. The topological polar surface area (TPSA) is 376 Å². The standard InChI is InChI=1S/C50H68N14O10/c1-3-4-15-35(58-29(2)65)43(67)60-37-19-20-42(66)54-21-11-18-38(49(73)74)61-47(71)40(24-31-26-56-34-16-9-8-14-33(31)34)63-44(68)36(17-10-22-55-50(51)52)59-46(70)39(23-30-12-6-5-7-13-30)62-48(72)41(64-45(37)69)25-32-27-53-28-57-32/h5-9,12-14,16,26-28,35-41,56H,3-4,10-11,15,17-25H2,1-2H3,(H,53,57)(H,54,66)(H,58,65)(H,59,70)(H,60,67)(H,61,71)(H,62,72)(H,63,68)(H,64,69)(H,73,74)(H4,51,52,55)/t35-,36-,37-,38-,39+,40-,41-/m0/s1. The number of hydrogen-bond donors (Lipinski definition) is 14. The number of carbonyl (C=O) groups is 9. The third-order valence-electron chi connectivity index (χ3n) is 12.3. The molecule has 15 N–H and O–H groups in total. The van der Waals surface area contributed by atoms with E-state index in [9.17, 15) is 48.3 Å². The number of carboxylic acids is 1. The van der Waals surface area contributed by atoms with Crippen LogP contribution in [0.2, 0.25) is 0 Å². The molecule has 2 aromatic heterocycles. The predicted molar refractivity (Wildman–Crippen MR) is 271 cm³/mol. The smallest absolute Gasteiger partial charge is 0.326 e. The molecule has 8 amide bonds. The van der Waals surface area contributed by atoms with E-state index in [0.717, 1.165) is 10.9 Å². The fraction of sp³-hybridized carbons (Fsp3) is 0.460. The van der Waals surface area contributed by atoms with Crippen molar-refractivity contribution in [3.8, 4) is 0 Å². The summed E-state index contributed by atoms with van der Waals surface area (Å²) in [5.41, 5.74) is 7.82. The summed E-state index contributed by atoms with van der Waals surface area (Å²) < 4.78 is 0. The largest absolute Gasteiger partial charge is 0.480 e. The van der Waals surface area contributed by atoms with E-state index in [1.807, 2.05) is 25.1 Å². The maximum Gasteiger partial charge on any atom is 0.326 e. The monoisotopic (exact) mass is 1020 g/mol. The van der Waals surface area contributed by atoms with Gasteiger partial charge in [0.05, 0.1) is 12.0 Å². The molecule has 0 aliphatic carbocycles. The molecule has 1 aliphatic heterocycles. The van der Waals surface area contributed by atoms with Crippen LogP contribution in [0.4, 0.5) is 0 Å². The van der Waals surface area contributed by atoms with Crippen LogP contribution in [-0.4, -0.2) is 135 Å². The first-order valence-corrected chi connectivity index (χ1v) is 24.7. The molecule has 2 aromatic carbocycles. The number of guanidine groups is 1. The second-order valence-corrected chi connectivity index (χ2v) is 18.1. The number of aliphatic carboxylic acids is 1. The van der Waals surface area contributed by atoms with Crippen LogP contribution in [0.15, 0.2) is 73.3 Å². The van der Waals surface area contributed by atoms with Gasteiger partial charge in [0.2, 0.25) is 47.3 Å². The SMILES string of the molecule is CCCC[C@H](NC(C)=O)C(=O)N[C@H]1CCC(=O)NCCC[C@@H](C(=O)O)NC(=O)[C@H](Cc2c[nH]c3ccccc23)NC(=O)[C@H](CCCNC(=N)N)NC(=O)[C@@H](Cc2ccccc2)NC(=O)[C@H](Cc2c[nH]cn2)NC1=O. The van der Waals surface area contributed by atoms with Crippen molar-refractivity contribution in [2.24, 2.45) is 5.73 Å².